The van der Waals surface area contributed by atoms with Crippen LogP contribution in [0.2, 0.25) is 0 Å². The Morgan fingerprint density at radius 3 is 2.57 bits per heavy atom. The zero-order valence-electron chi connectivity index (χ0n) is 28.6. The molecule has 0 saturated carbocycles. The maximum atomic E-state index is 12.7. The van der Waals surface area contributed by atoms with E-state index in [0.717, 1.165) is 61.0 Å². The molecule has 0 spiro atoms. The molecule has 46 heavy (non-hydrogen) atoms. The van der Waals surface area contributed by atoms with Gasteiger partial charge in [0, 0.05) is 19.2 Å². The molecule has 0 aliphatic carbocycles. The number of rotatable bonds is 19. The molecule has 2 atom stereocenters. The number of carbonyl (C=O) groups is 2. The van der Waals surface area contributed by atoms with E-state index in [9.17, 15) is 14.7 Å². The first kappa shape index (κ1) is 36.7. The zero-order chi connectivity index (χ0) is 33.6. The lowest BCUT2D eigenvalue weighted by atomic mass is 9.90. The Kier molecular flexibility index (Phi) is 14.7. The summed E-state index contributed by atoms with van der Waals surface area (Å²) in [5.74, 6) is 0.695. The average molecular weight is 631 g/mol. The molecule has 1 aliphatic rings. The summed E-state index contributed by atoms with van der Waals surface area (Å²) in [6, 6.07) is 7.82. The van der Waals surface area contributed by atoms with Crippen LogP contribution >= 0.6 is 0 Å². The molecule has 1 heterocycles. The highest BCUT2D eigenvalue weighted by Crippen LogP contribution is 2.32. The minimum Gasteiger partial charge on any atom is -0.504 e. The Morgan fingerprint density at radius 1 is 1.07 bits per heavy atom. The largest absolute Gasteiger partial charge is 0.504 e. The number of aryl methyl sites for hydroxylation is 2. The van der Waals surface area contributed by atoms with Crippen molar-refractivity contribution in [1.29, 1.82) is 0 Å². The maximum absolute atomic E-state index is 12.7. The highest BCUT2D eigenvalue weighted by atomic mass is 16.5. The minimum absolute atomic E-state index is 0.0220. The van der Waals surface area contributed by atoms with Crippen molar-refractivity contribution in [3.8, 4) is 11.5 Å². The van der Waals surface area contributed by atoms with Crippen molar-refractivity contribution in [2.75, 3.05) is 27.7 Å². The third kappa shape index (κ3) is 11.3. The number of Topliss-reactive ketones (excluding diaryl/α,β-unsaturated/α-hetero) is 1. The van der Waals surface area contributed by atoms with Crippen molar-refractivity contribution in [2.45, 2.75) is 84.8 Å². The molecule has 0 radical (unpaired) electrons. The summed E-state index contributed by atoms with van der Waals surface area (Å²) in [7, 11) is 5.41. The Balaban J connectivity index is 1.70. The van der Waals surface area contributed by atoms with Crippen LogP contribution in [0.15, 0.2) is 53.8 Å². The van der Waals surface area contributed by atoms with Crippen LogP contribution in [-0.2, 0) is 29.0 Å². The number of nitrogens with two attached hydrogens (primary N) is 1. The summed E-state index contributed by atoms with van der Waals surface area (Å²) in [5.41, 5.74) is 15.1. The van der Waals surface area contributed by atoms with Gasteiger partial charge in [0.25, 0.3) is 0 Å². The fourth-order valence-electron chi connectivity index (χ4n) is 6.11. The van der Waals surface area contributed by atoms with E-state index < -0.39 is 0 Å². The average Bonchev–Trinajstić information content (AvgIpc) is 3.00. The van der Waals surface area contributed by atoms with Gasteiger partial charge in [-0.15, -0.1) is 0 Å². The van der Waals surface area contributed by atoms with Crippen LogP contribution in [-0.4, -0.2) is 50.6 Å². The fourth-order valence-corrected chi connectivity index (χ4v) is 6.11. The van der Waals surface area contributed by atoms with Gasteiger partial charge in [0.15, 0.2) is 17.3 Å². The summed E-state index contributed by atoms with van der Waals surface area (Å²) in [6.07, 6.45) is 12.4. The predicted octanol–water partition coefficient (Wildman–Crippen LogP) is 5.57. The van der Waals surface area contributed by atoms with Gasteiger partial charge >= 0.3 is 0 Å². The Bertz CT molecular complexity index is 1440. The van der Waals surface area contributed by atoms with Gasteiger partial charge in [-0.1, -0.05) is 49.6 Å². The first-order chi connectivity index (χ1) is 22.0. The van der Waals surface area contributed by atoms with Gasteiger partial charge in [0.05, 0.1) is 19.7 Å². The number of dihydropyridines is 1. The van der Waals surface area contributed by atoms with Crippen LogP contribution in [0, 0.1) is 19.8 Å². The standard InChI is InChI=1S/C38H54N4O4/c1-25(22-40-4)10-8-7-9-11-33(43)21-34(44)13-12-29-20-37(46-6)36(45)19-30(29)16-28-17-32(38(39)42-23-28)18-31-15-26(2)14-27(3)35(31)24-41-5/h12-15,17,19-20,23,25,38,40-42,45H,7-11,16,18,21-22,24,39H2,1-6H3. The van der Waals surface area contributed by atoms with Gasteiger partial charge in [0.1, 0.15) is 5.78 Å². The van der Waals surface area contributed by atoms with Gasteiger partial charge in [-0.3, -0.25) is 9.59 Å². The molecule has 6 N–H and O–H groups in total. The van der Waals surface area contributed by atoms with E-state index in [1.165, 1.54) is 35.4 Å². The molecular formula is C38H54N4O4. The quantitative estimate of drug-likeness (QED) is 0.0776. The normalized spacial score (nSPS) is 15.3. The van der Waals surface area contributed by atoms with E-state index in [1.807, 2.05) is 20.3 Å². The summed E-state index contributed by atoms with van der Waals surface area (Å²) in [4.78, 5) is 25.2. The topological polar surface area (TPSA) is 126 Å². The summed E-state index contributed by atoms with van der Waals surface area (Å²) in [5, 5.41) is 20.4. The molecule has 0 fully saturated rings. The number of hydrogen-bond acceptors (Lipinski definition) is 8. The third-order valence-corrected chi connectivity index (χ3v) is 8.54. The smallest absolute Gasteiger partial charge is 0.163 e. The molecule has 250 valence electrons. The highest BCUT2D eigenvalue weighted by molar-refractivity contribution is 6.06. The molecular weight excluding hydrogens is 576 g/mol. The van der Waals surface area contributed by atoms with Crippen LogP contribution in [0.1, 0.15) is 78.8 Å². The van der Waals surface area contributed by atoms with E-state index in [-0.39, 0.29) is 29.9 Å². The van der Waals surface area contributed by atoms with Crippen molar-refractivity contribution < 1.29 is 19.4 Å². The van der Waals surface area contributed by atoms with E-state index in [4.69, 9.17) is 10.5 Å². The second kappa shape index (κ2) is 18.4. The lowest BCUT2D eigenvalue weighted by Gasteiger charge is -2.24. The van der Waals surface area contributed by atoms with Gasteiger partial charge in [-0.05, 0) is 123 Å². The molecule has 3 rings (SSSR count). The van der Waals surface area contributed by atoms with Crippen molar-refractivity contribution in [1.82, 2.24) is 16.0 Å². The van der Waals surface area contributed by atoms with E-state index >= 15 is 0 Å². The number of hydrogen-bond donors (Lipinski definition) is 5. The molecule has 2 aromatic carbocycles. The van der Waals surface area contributed by atoms with E-state index in [2.05, 4.69) is 54.9 Å². The second-order valence-corrected chi connectivity index (χ2v) is 12.7. The van der Waals surface area contributed by atoms with Crippen LogP contribution in [0.5, 0.6) is 11.5 Å². The first-order valence-electron chi connectivity index (χ1n) is 16.5. The number of ketones is 2. The molecule has 0 amide bonds. The fraction of sp³-hybridized carbons (Fsp3) is 0.474. The summed E-state index contributed by atoms with van der Waals surface area (Å²) >= 11 is 0. The first-order valence-corrected chi connectivity index (χ1v) is 16.5. The Hall–Kier alpha value is -3.72. The third-order valence-electron chi connectivity index (χ3n) is 8.54. The molecule has 2 unspecified atom stereocenters. The number of carbonyl (C=O) groups excluding carboxylic acids is 2. The lowest BCUT2D eigenvalue weighted by molar-refractivity contribution is -0.124. The number of phenols is 1. The summed E-state index contributed by atoms with van der Waals surface area (Å²) in [6.45, 7) is 8.26. The van der Waals surface area contributed by atoms with Crippen LogP contribution in [0.3, 0.4) is 0 Å². The molecule has 0 saturated heterocycles. The minimum atomic E-state index is -0.312. The number of methoxy groups -OCH3 is 1. The van der Waals surface area contributed by atoms with Crippen molar-refractivity contribution >= 4 is 17.6 Å². The number of benzene rings is 2. The molecule has 1 aliphatic heterocycles. The SMILES string of the molecule is CNCc1c(C)cc(C)cc1CC1=CC(Cc2cc(O)c(OC)cc2C=CC(=O)CC(=O)CCCCCC(C)CNC)=CNC1N. The Labute approximate surface area is 275 Å². The predicted molar refractivity (Wildman–Crippen MR) is 188 cm³/mol. The van der Waals surface area contributed by atoms with Crippen LogP contribution in [0.4, 0.5) is 0 Å². The molecule has 2 aromatic rings. The van der Waals surface area contributed by atoms with E-state index in [1.54, 1.807) is 18.2 Å². The molecule has 0 aromatic heterocycles. The Morgan fingerprint density at radius 2 is 1.85 bits per heavy atom. The number of nitrogens with one attached hydrogen (secondary N) is 3. The highest BCUT2D eigenvalue weighted by Gasteiger charge is 2.18. The maximum Gasteiger partial charge on any atom is 0.163 e. The van der Waals surface area contributed by atoms with Gasteiger partial charge in [-0.2, -0.15) is 0 Å². The number of aromatic hydroxyl groups is 1. The van der Waals surface area contributed by atoms with Crippen LogP contribution in [0.25, 0.3) is 6.08 Å². The number of phenolic OH excluding ortho intramolecular Hbond substituents is 1. The molecule has 8 heteroatoms. The van der Waals surface area contributed by atoms with Crippen LogP contribution < -0.4 is 26.4 Å². The monoisotopic (exact) mass is 630 g/mol. The van der Waals surface area contributed by atoms with Crippen molar-refractivity contribution in [2.24, 2.45) is 11.7 Å². The zero-order valence-corrected chi connectivity index (χ0v) is 28.6. The summed E-state index contributed by atoms with van der Waals surface area (Å²) < 4.78 is 5.36. The number of ether oxygens (including phenoxy) is 1. The number of allylic oxidation sites excluding steroid dienone is 3. The van der Waals surface area contributed by atoms with Gasteiger partial charge in [-0.25, -0.2) is 0 Å². The second-order valence-electron chi connectivity index (χ2n) is 12.7. The van der Waals surface area contributed by atoms with Crippen molar-refractivity contribution in [3.63, 3.8) is 0 Å². The molecule has 0 bridgehead atoms. The van der Waals surface area contributed by atoms with Crippen molar-refractivity contribution in [3.05, 3.63) is 87.1 Å². The van der Waals surface area contributed by atoms with Gasteiger partial charge < -0.3 is 31.5 Å². The lowest BCUT2D eigenvalue weighted by Crippen LogP contribution is -2.39. The van der Waals surface area contributed by atoms with Gasteiger partial charge in [0.2, 0.25) is 0 Å². The number of unbranched alkanes of at least 4 members (excludes halogenated alkanes) is 2. The molecule has 8 nitrogen and oxygen atoms in total. The van der Waals surface area contributed by atoms with E-state index in [0.29, 0.717) is 30.9 Å².